The Balaban J connectivity index is 1.78. The molecule has 5 nitrogen and oxygen atoms in total. The first-order valence-corrected chi connectivity index (χ1v) is 6.81. The van der Waals surface area contributed by atoms with Crippen LogP contribution in [0, 0.1) is 11.3 Å². The lowest BCUT2D eigenvalue weighted by Crippen LogP contribution is -2.36. The normalized spacial score (nSPS) is 11.3. The molecule has 0 aliphatic rings. The predicted molar refractivity (Wildman–Crippen MR) is 80.6 cm³/mol. The molecule has 0 radical (unpaired) electrons. The fourth-order valence-electron chi connectivity index (χ4n) is 1.71. The van der Waals surface area contributed by atoms with E-state index in [2.05, 4.69) is 5.48 Å². The Morgan fingerprint density at radius 1 is 1.18 bits per heavy atom. The standard InChI is InChI=1S/C17H16N2O3/c1-13(22-16-9-7-14(11-18)8-10-16)17(20)19-21-12-15-5-3-2-4-6-15/h2-10,13H,12H2,1H3,(H,19,20)/t13-/m0/s1. The van der Waals surface area contributed by atoms with Gasteiger partial charge >= 0.3 is 0 Å². The molecule has 0 saturated carbocycles. The van der Waals surface area contributed by atoms with E-state index in [0.717, 1.165) is 5.56 Å². The minimum atomic E-state index is -0.705. The highest BCUT2D eigenvalue weighted by molar-refractivity contribution is 5.79. The maximum absolute atomic E-state index is 11.8. The van der Waals surface area contributed by atoms with E-state index >= 15 is 0 Å². The molecule has 112 valence electrons. The highest BCUT2D eigenvalue weighted by atomic mass is 16.7. The van der Waals surface area contributed by atoms with Crippen LogP contribution in [0.4, 0.5) is 0 Å². The van der Waals surface area contributed by atoms with E-state index in [0.29, 0.717) is 11.3 Å². The van der Waals surface area contributed by atoms with Gasteiger partial charge in [0.2, 0.25) is 0 Å². The van der Waals surface area contributed by atoms with E-state index in [1.54, 1.807) is 31.2 Å². The van der Waals surface area contributed by atoms with Crippen molar-refractivity contribution in [1.29, 1.82) is 5.26 Å². The third-order valence-corrected chi connectivity index (χ3v) is 2.92. The summed E-state index contributed by atoms with van der Waals surface area (Å²) in [6, 6.07) is 18.1. The van der Waals surface area contributed by atoms with Gasteiger partial charge in [-0.15, -0.1) is 0 Å². The van der Waals surface area contributed by atoms with Gasteiger partial charge in [-0.25, -0.2) is 5.48 Å². The maximum atomic E-state index is 11.8. The number of ether oxygens (including phenoxy) is 1. The summed E-state index contributed by atoms with van der Waals surface area (Å²) >= 11 is 0. The number of rotatable bonds is 6. The highest BCUT2D eigenvalue weighted by Gasteiger charge is 2.14. The Hall–Kier alpha value is -2.84. The molecule has 0 saturated heterocycles. The number of nitrogens with zero attached hydrogens (tertiary/aromatic N) is 1. The minimum Gasteiger partial charge on any atom is -0.481 e. The second-order valence-corrected chi connectivity index (χ2v) is 4.64. The quantitative estimate of drug-likeness (QED) is 0.832. The first kappa shape index (κ1) is 15.5. The molecule has 0 bridgehead atoms. The van der Waals surface area contributed by atoms with Crippen LogP contribution in [0.3, 0.4) is 0 Å². The van der Waals surface area contributed by atoms with E-state index in [4.69, 9.17) is 14.8 Å². The van der Waals surface area contributed by atoms with Gasteiger partial charge in [0, 0.05) is 0 Å². The van der Waals surface area contributed by atoms with Crippen molar-refractivity contribution >= 4 is 5.91 Å². The summed E-state index contributed by atoms with van der Waals surface area (Å²) < 4.78 is 5.48. The molecule has 0 fully saturated rings. The van der Waals surface area contributed by atoms with Gasteiger partial charge in [-0.2, -0.15) is 5.26 Å². The van der Waals surface area contributed by atoms with Crippen molar-refractivity contribution in [3.63, 3.8) is 0 Å². The Kier molecular flexibility index (Phi) is 5.52. The number of hydrogen-bond donors (Lipinski definition) is 1. The Morgan fingerprint density at radius 2 is 1.86 bits per heavy atom. The fourth-order valence-corrected chi connectivity index (χ4v) is 1.71. The molecule has 0 aliphatic carbocycles. The molecule has 2 aromatic rings. The molecule has 2 aromatic carbocycles. The van der Waals surface area contributed by atoms with Crippen LogP contribution in [-0.2, 0) is 16.2 Å². The van der Waals surface area contributed by atoms with Crippen molar-refractivity contribution in [2.24, 2.45) is 0 Å². The zero-order chi connectivity index (χ0) is 15.8. The van der Waals surface area contributed by atoms with Crippen LogP contribution in [0.5, 0.6) is 5.75 Å². The average Bonchev–Trinajstić information content (AvgIpc) is 2.56. The monoisotopic (exact) mass is 296 g/mol. The minimum absolute atomic E-state index is 0.288. The number of hydrogen-bond acceptors (Lipinski definition) is 4. The molecule has 0 unspecified atom stereocenters. The van der Waals surface area contributed by atoms with E-state index in [9.17, 15) is 4.79 Å². The fraction of sp³-hybridized carbons (Fsp3) is 0.176. The van der Waals surface area contributed by atoms with Gasteiger partial charge < -0.3 is 4.74 Å². The molecule has 1 N–H and O–H groups in total. The Labute approximate surface area is 129 Å². The largest absolute Gasteiger partial charge is 0.481 e. The lowest BCUT2D eigenvalue weighted by molar-refractivity contribution is -0.141. The summed E-state index contributed by atoms with van der Waals surface area (Å²) in [7, 11) is 0. The summed E-state index contributed by atoms with van der Waals surface area (Å²) in [6.07, 6.45) is -0.705. The number of benzene rings is 2. The van der Waals surface area contributed by atoms with Gasteiger partial charge in [-0.1, -0.05) is 30.3 Å². The second kappa shape index (κ2) is 7.81. The van der Waals surface area contributed by atoms with Crippen molar-refractivity contribution in [2.45, 2.75) is 19.6 Å². The summed E-state index contributed by atoms with van der Waals surface area (Å²) in [5.74, 6) is 0.144. The van der Waals surface area contributed by atoms with Crippen molar-refractivity contribution in [1.82, 2.24) is 5.48 Å². The van der Waals surface area contributed by atoms with Gasteiger partial charge in [0.15, 0.2) is 6.10 Å². The van der Waals surface area contributed by atoms with Gasteiger partial charge in [-0.3, -0.25) is 9.63 Å². The van der Waals surface area contributed by atoms with Crippen LogP contribution in [0.1, 0.15) is 18.1 Å². The number of nitrogens with one attached hydrogen (secondary N) is 1. The third kappa shape index (κ3) is 4.62. The van der Waals surface area contributed by atoms with Gasteiger partial charge in [0.1, 0.15) is 5.75 Å². The number of hydroxylamine groups is 1. The lowest BCUT2D eigenvalue weighted by atomic mass is 10.2. The van der Waals surface area contributed by atoms with Gasteiger partial charge in [-0.05, 0) is 36.8 Å². The van der Waals surface area contributed by atoms with Crippen molar-refractivity contribution in [3.05, 3.63) is 65.7 Å². The molecule has 0 aromatic heterocycles. The summed E-state index contributed by atoms with van der Waals surface area (Å²) in [5, 5.41) is 8.72. The number of nitriles is 1. The molecule has 0 heterocycles. The van der Waals surface area contributed by atoms with E-state index in [1.807, 2.05) is 36.4 Å². The van der Waals surface area contributed by atoms with Crippen molar-refractivity contribution < 1.29 is 14.4 Å². The molecule has 0 aliphatic heterocycles. The number of amides is 1. The lowest BCUT2D eigenvalue weighted by Gasteiger charge is -2.14. The zero-order valence-electron chi connectivity index (χ0n) is 12.2. The average molecular weight is 296 g/mol. The highest BCUT2D eigenvalue weighted by Crippen LogP contribution is 2.13. The molecule has 0 spiro atoms. The van der Waals surface area contributed by atoms with Crippen LogP contribution in [-0.4, -0.2) is 12.0 Å². The molecule has 2 rings (SSSR count). The smallest absolute Gasteiger partial charge is 0.284 e. The predicted octanol–water partition coefficient (Wildman–Crippen LogP) is 2.57. The van der Waals surface area contributed by atoms with E-state index in [1.165, 1.54) is 0 Å². The van der Waals surface area contributed by atoms with Crippen molar-refractivity contribution in [2.75, 3.05) is 0 Å². The topological polar surface area (TPSA) is 71.3 Å². The van der Waals surface area contributed by atoms with Crippen LogP contribution >= 0.6 is 0 Å². The first-order chi connectivity index (χ1) is 10.7. The molecular formula is C17H16N2O3. The Bertz CT molecular complexity index is 648. The van der Waals surface area contributed by atoms with Gasteiger partial charge in [0.25, 0.3) is 5.91 Å². The Morgan fingerprint density at radius 3 is 2.50 bits per heavy atom. The van der Waals surface area contributed by atoms with E-state index in [-0.39, 0.29) is 12.5 Å². The molecule has 1 atom stereocenters. The first-order valence-electron chi connectivity index (χ1n) is 6.81. The number of carbonyl (C=O) groups excluding carboxylic acids is 1. The van der Waals surface area contributed by atoms with Crippen LogP contribution in [0.2, 0.25) is 0 Å². The van der Waals surface area contributed by atoms with Gasteiger partial charge in [0.05, 0.1) is 18.2 Å². The van der Waals surface area contributed by atoms with E-state index < -0.39 is 6.10 Å². The molecule has 22 heavy (non-hydrogen) atoms. The van der Waals surface area contributed by atoms with Crippen LogP contribution in [0.25, 0.3) is 0 Å². The number of carbonyl (C=O) groups is 1. The molecule has 1 amide bonds. The summed E-state index contributed by atoms with van der Waals surface area (Å²) in [4.78, 5) is 17.0. The maximum Gasteiger partial charge on any atom is 0.284 e. The molecule has 5 heteroatoms. The van der Waals surface area contributed by atoms with Crippen LogP contribution < -0.4 is 10.2 Å². The SMILES string of the molecule is C[C@H](Oc1ccc(C#N)cc1)C(=O)NOCc1ccccc1. The zero-order valence-corrected chi connectivity index (χ0v) is 12.2. The molecular weight excluding hydrogens is 280 g/mol. The van der Waals surface area contributed by atoms with Crippen LogP contribution in [0.15, 0.2) is 54.6 Å². The summed E-state index contributed by atoms with van der Waals surface area (Å²) in [6.45, 7) is 1.91. The summed E-state index contributed by atoms with van der Waals surface area (Å²) in [5.41, 5.74) is 3.86. The van der Waals surface area contributed by atoms with Crippen molar-refractivity contribution in [3.8, 4) is 11.8 Å². The second-order valence-electron chi connectivity index (χ2n) is 4.64. The third-order valence-electron chi connectivity index (χ3n) is 2.92.